The van der Waals surface area contributed by atoms with Crippen molar-refractivity contribution >= 4 is 14.1 Å². The van der Waals surface area contributed by atoms with Crippen molar-refractivity contribution in [2.75, 3.05) is 0 Å². The summed E-state index contributed by atoms with van der Waals surface area (Å²) in [6, 6.07) is 15.7. The Bertz CT molecular complexity index is 1170. The first-order valence-corrected chi connectivity index (χ1v) is 16.1. The Labute approximate surface area is 224 Å². The smallest absolute Gasteiger partial charge is 0.438 e. The Morgan fingerprint density at radius 2 is 1.58 bits per heavy atom. The van der Waals surface area contributed by atoms with Crippen LogP contribution in [0.4, 0.5) is 13.2 Å². The molecule has 0 N–H and O–H groups in total. The van der Waals surface area contributed by atoms with Crippen LogP contribution in [0, 0.1) is 0 Å². The minimum atomic E-state index is -4.91. The van der Waals surface area contributed by atoms with Gasteiger partial charge in [-0.15, -0.1) is 0 Å². The van der Waals surface area contributed by atoms with Gasteiger partial charge in [0.2, 0.25) is 5.89 Å². The van der Waals surface area contributed by atoms with Gasteiger partial charge in [0.15, 0.2) is 14.1 Å². The molecule has 206 valence electrons. The second-order valence-electron chi connectivity index (χ2n) is 11.3. The number of unbranched alkanes of at least 4 members (excludes halogenated alkanes) is 3. The molecule has 0 aliphatic heterocycles. The van der Waals surface area contributed by atoms with E-state index in [-0.39, 0.29) is 11.1 Å². The van der Waals surface area contributed by atoms with Crippen LogP contribution < -0.4 is 0 Å². The predicted molar refractivity (Wildman–Crippen MR) is 147 cm³/mol. The van der Waals surface area contributed by atoms with Gasteiger partial charge >= 0.3 is 6.18 Å². The van der Waals surface area contributed by atoms with E-state index in [4.69, 9.17) is 8.84 Å². The molecule has 38 heavy (non-hydrogen) atoms. The highest BCUT2D eigenvalue weighted by Gasteiger charge is 2.41. The van der Waals surface area contributed by atoms with Crippen LogP contribution in [-0.4, -0.2) is 25.3 Å². The van der Waals surface area contributed by atoms with E-state index in [0.717, 1.165) is 50.7 Å². The van der Waals surface area contributed by atoms with E-state index in [1.54, 1.807) is 6.20 Å². The Kier molecular flexibility index (Phi) is 9.76. The number of carbonyl (C=O) groups excluding carboxylic acids is 1. The van der Waals surface area contributed by atoms with Crippen LogP contribution in [-0.2, 0) is 10.8 Å². The van der Waals surface area contributed by atoms with Crippen molar-refractivity contribution in [2.24, 2.45) is 0 Å². The summed E-state index contributed by atoms with van der Waals surface area (Å²) in [5, 5.41) is 0.0111. The van der Waals surface area contributed by atoms with Crippen LogP contribution in [0.15, 0.2) is 65.2 Å². The summed E-state index contributed by atoms with van der Waals surface area (Å²) >= 11 is 0. The summed E-state index contributed by atoms with van der Waals surface area (Å²) in [7, 11) is -2.12. The highest BCUT2D eigenvalue weighted by Crippen LogP contribution is 2.41. The number of alkyl halides is 3. The summed E-state index contributed by atoms with van der Waals surface area (Å²) < 4.78 is 51.0. The number of ketones is 1. The number of nitrogens with zero attached hydrogens (tertiary/aromatic N) is 1. The number of hydrogen-bond donors (Lipinski definition) is 0. The quantitative estimate of drug-likeness (QED) is 0.129. The summed E-state index contributed by atoms with van der Waals surface area (Å²) in [5.74, 6) is -0.962. The standard InChI is InChI=1S/C30H38F3NO3Si/c1-29(2,3)38(4,5)37-25(16-12-7-6-9-13-22-14-10-8-11-15-22)28-34-21-26(36-28)23-17-19-24(20-18-23)27(35)30(31,32)33/h8,10-11,14-15,17-21,25H,6-7,9,12-13,16H2,1-5H3. The zero-order valence-electron chi connectivity index (χ0n) is 22.9. The second kappa shape index (κ2) is 12.4. The van der Waals surface area contributed by atoms with Crippen LogP contribution in [0.1, 0.15) is 80.8 Å². The first-order chi connectivity index (χ1) is 17.8. The van der Waals surface area contributed by atoms with Gasteiger partial charge in [0, 0.05) is 11.1 Å². The lowest BCUT2D eigenvalue weighted by molar-refractivity contribution is -0.0885. The summed E-state index contributed by atoms with van der Waals surface area (Å²) in [4.78, 5) is 16.0. The molecule has 0 spiro atoms. The number of aromatic nitrogens is 1. The maximum atomic E-state index is 12.7. The van der Waals surface area contributed by atoms with E-state index >= 15 is 0 Å². The minimum absolute atomic E-state index is 0.0111. The van der Waals surface area contributed by atoms with E-state index in [9.17, 15) is 18.0 Å². The van der Waals surface area contributed by atoms with Gasteiger partial charge < -0.3 is 8.84 Å². The number of aryl methyl sites for hydroxylation is 1. The van der Waals surface area contributed by atoms with E-state index in [0.29, 0.717) is 17.2 Å². The molecule has 8 heteroatoms. The molecule has 1 heterocycles. The average molecular weight is 546 g/mol. The van der Waals surface area contributed by atoms with Crippen molar-refractivity contribution in [2.45, 2.75) is 89.7 Å². The van der Waals surface area contributed by atoms with Crippen LogP contribution in [0.25, 0.3) is 11.3 Å². The number of oxazole rings is 1. The highest BCUT2D eigenvalue weighted by atomic mass is 28.4. The first kappa shape index (κ1) is 29.8. The number of carbonyl (C=O) groups is 1. The van der Waals surface area contributed by atoms with Crippen LogP contribution >= 0.6 is 0 Å². The van der Waals surface area contributed by atoms with Gasteiger partial charge in [-0.25, -0.2) is 4.98 Å². The van der Waals surface area contributed by atoms with Crippen molar-refractivity contribution in [1.82, 2.24) is 4.98 Å². The Morgan fingerprint density at radius 1 is 0.947 bits per heavy atom. The molecule has 1 aromatic heterocycles. The molecule has 0 fully saturated rings. The van der Waals surface area contributed by atoms with Crippen LogP contribution in [0.5, 0.6) is 0 Å². The molecular weight excluding hydrogens is 507 g/mol. The number of hydrogen-bond acceptors (Lipinski definition) is 4. The minimum Gasteiger partial charge on any atom is -0.438 e. The monoisotopic (exact) mass is 545 g/mol. The Morgan fingerprint density at radius 3 is 2.18 bits per heavy atom. The molecule has 0 radical (unpaired) electrons. The normalized spacial score (nSPS) is 13.5. The number of benzene rings is 2. The molecule has 1 unspecified atom stereocenters. The van der Waals surface area contributed by atoms with Crippen LogP contribution in [0.3, 0.4) is 0 Å². The molecule has 1 atom stereocenters. The van der Waals surface area contributed by atoms with Crippen LogP contribution in [0.2, 0.25) is 18.1 Å². The van der Waals surface area contributed by atoms with Gasteiger partial charge in [-0.05, 0) is 43.0 Å². The second-order valence-corrected chi connectivity index (χ2v) is 16.0. The third-order valence-electron chi connectivity index (χ3n) is 7.26. The van der Waals surface area contributed by atoms with Gasteiger partial charge in [-0.3, -0.25) is 4.79 Å². The maximum absolute atomic E-state index is 12.7. The number of halogens is 3. The largest absolute Gasteiger partial charge is 0.454 e. The summed E-state index contributed by atoms with van der Waals surface area (Å²) in [6.07, 6.45) is 2.51. The third-order valence-corrected chi connectivity index (χ3v) is 11.7. The lowest BCUT2D eigenvalue weighted by Crippen LogP contribution is -2.41. The van der Waals surface area contributed by atoms with Gasteiger partial charge in [-0.1, -0.05) is 94.6 Å². The topological polar surface area (TPSA) is 52.3 Å². The molecule has 3 rings (SSSR count). The highest BCUT2D eigenvalue weighted by molar-refractivity contribution is 6.74. The van der Waals surface area contributed by atoms with Crippen molar-refractivity contribution in [3.05, 3.63) is 77.8 Å². The fourth-order valence-electron chi connectivity index (χ4n) is 3.94. The SMILES string of the molecule is CC(C)(C)[Si](C)(C)OC(CCCCCCc1ccccc1)c1ncc(-c2ccc(C(=O)C(F)(F)F)cc2)o1. The van der Waals surface area contributed by atoms with E-state index < -0.39 is 25.8 Å². The Hall–Kier alpha value is -2.71. The Balaban J connectivity index is 1.67. The molecule has 0 aliphatic carbocycles. The zero-order valence-corrected chi connectivity index (χ0v) is 23.9. The molecule has 4 nitrogen and oxygen atoms in total. The lowest BCUT2D eigenvalue weighted by Gasteiger charge is -2.38. The number of Topliss-reactive ketones (excluding diaryl/α,β-unsaturated/α-hetero) is 1. The average Bonchev–Trinajstić information content (AvgIpc) is 3.34. The van der Waals surface area contributed by atoms with E-state index in [2.05, 4.69) is 63.1 Å². The molecule has 3 aromatic rings. The lowest BCUT2D eigenvalue weighted by atomic mass is 10.0. The van der Waals surface area contributed by atoms with E-state index in [1.807, 2.05) is 6.07 Å². The van der Waals surface area contributed by atoms with Gasteiger partial charge in [-0.2, -0.15) is 13.2 Å². The molecule has 2 aromatic carbocycles. The molecule has 0 bridgehead atoms. The van der Waals surface area contributed by atoms with Crippen molar-refractivity contribution in [3.63, 3.8) is 0 Å². The molecule has 0 saturated heterocycles. The van der Waals surface area contributed by atoms with Crippen molar-refractivity contribution < 1.29 is 26.8 Å². The van der Waals surface area contributed by atoms with Crippen molar-refractivity contribution in [1.29, 1.82) is 0 Å². The fourth-order valence-corrected chi connectivity index (χ4v) is 5.23. The maximum Gasteiger partial charge on any atom is 0.454 e. The molecular formula is C30H38F3NO3Si. The summed E-state index contributed by atoms with van der Waals surface area (Å²) in [6.45, 7) is 10.9. The van der Waals surface area contributed by atoms with Gasteiger partial charge in [0.25, 0.3) is 5.78 Å². The third kappa shape index (κ3) is 8.14. The molecule has 0 aliphatic rings. The first-order valence-electron chi connectivity index (χ1n) is 13.2. The number of rotatable bonds is 12. The predicted octanol–water partition coefficient (Wildman–Crippen LogP) is 9.34. The fraction of sp³-hybridized carbons (Fsp3) is 0.467. The summed E-state index contributed by atoms with van der Waals surface area (Å²) in [5.41, 5.74) is 1.50. The molecule has 0 saturated carbocycles. The van der Waals surface area contributed by atoms with Crippen molar-refractivity contribution in [3.8, 4) is 11.3 Å². The van der Waals surface area contributed by atoms with Gasteiger partial charge in [0.1, 0.15) is 6.10 Å². The van der Waals surface area contributed by atoms with E-state index in [1.165, 1.54) is 17.7 Å². The zero-order chi connectivity index (χ0) is 28.0. The molecule has 0 amide bonds. The van der Waals surface area contributed by atoms with Gasteiger partial charge in [0.05, 0.1) is 6.20 Å².